The second-order valence-electron chi connectivity index (χ2n) is 6.61. The average Bonchev–Trinajstić information content (AvgIpc) is 2.61. The predicted molar refractivity (Wildman–Crippen MR) is 89.1 cm³/mol. The van der Waals surface area contributed by atoms with Gasteiger partial charge in [-0.1, -0.05) is 12.1 Å². The molecule has 116 valence electrons. The van der Waals surface area contributed by atoms with E-state index >= 15 is 0 Å². The summed E-state index contributed by atoms with van der Waals surface area (Å²) < 4.78 is 0. The monoisotopic (exact) mass is 305 g/mol. The van der Waals surface area contributed by atoms with Gasteiger partial charge in [0.25, 0.3) is 5.91 Å². The number of rotatable bonds is 2. The summed E-state index contributed by atoms with van der Waals surface area (Å²) in [5, 5.41) is 14.2. The molecular weight excluding hydrogens is 286 g/mol. The first-order valence-electron chi connectivity index (χ1n) is 8.20. The lowest BCUT2D eigenvalue weighted by molar-refractivity contribution is 0.0620. The number of nitrogens with one attached hydrogen (secondary N) is 1. The molecule has 3 heterocycles. The number of hydrogen-bond acceptors (Lipinski definition) is 3. The largest absolute Gasteiger partial charge is 0.348 e. The van der Waals surface area contributed by atoms with Gasteiger partial charge in [0.1, 0.15) is 0 Å². The number of hydrogen-bond donors (Lipinski definition) is 1. The number of amides is 1. The summed E-state index contributed by atoms with van der Waals surface area (Å²) in [6.07, 6.45) is 2.38. The van der Waals surface area contributed by atoms with E-state index in [-0.39, 0.29) is 11.9 Å². The second-order valence-corrected chi connectivity index (χ2v) is 6.61. The Morgan fingerprint density at radius 2 is 1.91 bits per heavy atom. The van der Waals surface area contributed by atoms with Crippen LogP contribution in [-0.4, -0.2) is 36.5 Å². The zero-order valence-electron chi connectivity index (χ0n) is 13.0. The van der Waals surface area contributed by atoms with Gasteiger partial charge < -0.3 is 10.2 Å². The van der Waals surface area contributed by atoms with Gasteiger partial charge in [-0.15, -0.1) is 0 Å². The molecule has 2 aromatic carbocycles. The lowest BCUT2D eigenvalue weighted by Crippen LogP contribution is -2.57. The Bertz CT molecular complexity index is 800. The van der Waals surface area contributed by atoms with E-state index < -0.39 is 0 Å². The Morgan fingerprint density at radius 1 is 1.13 bits per heavy atom. The van der Waals surface area contributed by atoms with Crippen LogP contribution in [0.4, 0.5) is 0 Å². The van der Waals surface area contributed by atoms with E-state index in [9.17, 15) is 4.79 Å². The normalized spacial score (nSPS) is 26.0. The van der Waals surface area contributed by atoms with E-state index in [1.54, 1.807) is 6.07 Å². The number of benzene rings is 2. The van der Waals surface area contributed by atoms with Crippen molar-refractivity contribution in [1.29, 1.82) is 5.26 Å². The molecule has 23 heavy (non-hydrogen) atoms. The molecule has 3 aliphatic rings. The molecule has 0 saturated carbocycles. The molecule has 0 aromatic heterocycles. The van der Waals surface area contributed by atoms with Gasteiger partial charge in [-0.25, -0.2) is 0 Å². The van der Waals surface area contributed by atoms with E-state index in [1.165, 1.54) is 25.9 Å². The van der Waals surface area contributed by atoms with Crippen molar-refractivity contribution in [3.8, 4) is 6.07 Å². The molecule has 0 aliphatic carbocycles. The van der Waals surface area contributed by atoms with Crippen LogP contribution in [0.3, 0.4) is 0 Å². The van der Waals surface area contributed by atoms with Crippen molar-refractivity contribution in [2.75, 3.05) is 19.6 Å². The standard InChI is InChI=1S/C19H19N3O/c20-11-13-1-2-14-3-4-16(10-17(14)9-13)19(23)21-18-12-22-7-5-15(18)6-8-22/h1-4,9-10,15,18H,5-8,12H2,(H,21,23). The van der Waals surface area contributed by atoms with Gasteiger partial charge in [-0.3, -0.25) is 4.79 Å². The molecule has 1 N–H and O–H groups in total. The van der Waals surface area contributed by atoms with Crippen LogP contribution in [0.5, 0.6) is 0 Å². The van der Waals surface area contributed by atoms with Gasteiger partial charge >= 0.3 is 0 Å². The third kappa shape index (κ3) is 2.69. The molecule has 3 fully saturated rings. The summed E-state index contributed by atoms with van der Waals surface area (Å²) in [4.78, 5) is 15.0. The summed E-state index contributed by atoms with van der Waals surface area (Å²) >= 11 is 0. The Balaban J connectivity index is 1.56. The first kappa shape index (κ1) is 14.2. The van der Waals surface area contributed by atoms with Crippen molar-refractivity contribution in [2.24, 2.45) is 5.92 Å². The average molecular weight is 305 g/mol. The van der Waals surface area contributed by atoms with Gasteiger partial charge in [-0.2, -0.15) is 5.26 Å². The van der Waals surface area contributed by atoms with Crippen molar-refractivity contribution >= 4 is 16.7 Å². The maximum absolute atomic E-state index is 12.6. The lowest BCUT2D eigenvalue weighted by atomic mass is 9.84. The molecular formula is C19H19N3O. The summed E-state index contributed by atoms with van der Waals surface area (Å²) in [5.41, 5.74) is 1.29. The quantitative estimate of drug-likeness (QED) is 0.927. The Hall–Kier alpha value is -2.38. The Morgan fingerprint density at radius 3 is 2.61 bits per heavy atom. The van der Waals surface area contributed by atoms with Gasteiger partial charge in [0.15, 0.2) is 0 Å². The van der Waals surface area contributed by atoms with Crippen LogP contribution < -0.4 is 5.32 Å². The molecule has 1 amide bonds. The fraction of sp³-hybridized carbons (Fsp3) is 0.368. The minimum absolute atomic E-state index is 0.00647. The summed E-state index contributed by atoms with van der Waals surface area (Å²) in [7, 11) is 0. The van der Waals surface area contributed by atoms with Crippen LogP contribution in [0, 0.1) is 17.2 Å². The van der Waals surface area contributed by atoms with Crippen molar-refractivity contribution < 1.29 is 4.79 Å². The fourth-order valence-electron chi connectivity index (χ4n) is 3.84. The molecule has 3 aliphatic heterocycles. The molecule has 4 heteroatoms. The number of fused-ring (bicyclic) bond motifs is 4. The van der Waals surface area contributed by atoms with Crippen LogP contribution in [-0.2, 0) is 0 Å². The molecule has 1 atom stereocenters. The lowest BCUT2D eigenvalue weighted by Gasteiger charge is -2.44. The van der Waals surface area contributed by atoms with Crippen LogP contribution in [0.15, 0.2) is 36.4 Å². The highest BCUT2D eigenvalue weighted by molar-refractivity contribution is 5.99. The highest BCUT2D eigenvalue weighted by atomic mass is 16.1. The minimum atomic E-state index is -0.00647. The molecule has 0 radical (unpaired) electrons. The van der Waals surface area contributed by atoms with Gasteiger partial charge in [0, 0.05) is 18.2 Å². The number of nitrogens with zero attached hydrogens (tertiary/aromatic N) is 2. The van der Waals surface area contributed by atoms with Crippen molar-refractivity contribution in [2.45, 2.75) is 18.9 Å². The Kier molecular flexibility index (Phi) is 3.51. The summed E-state index contributed by atoms with van der Waals surface area (Å²) in [5.74, 6) is 0.614. The van der Waals surface area contributed by atoms with Crippen LogP contribution in [0.25, 0.3) is 10.8 Å². The third-order valence-corrected chi connectivity index (χ3v) is 5.20. The minimum Gasteiger partial charge on any atom is -0.348 e. The topological polar surface area (TPSA) is 56.1 Å². The van der Waals surface area contributed by atoms with E-state index in [2.05, 4.69) is 16.3 Å². The highest BCUT2D eigenvalue weighted by Crippen LogP contribution is 2.27. The van der Waals surface area contributed by atoms with E-state index in [0.29, 0.717) is 17.0 Å². The Labute approximate surface area is 135 Å². The number of nitriles is 1. The van der Waals surface area contributed by atoms with E-state index in [4.69, 9.17) is 5.26 Å². The second kappa shape index (κ2) is 5.68. The number of carbonyl (C=O) groups excluding carboxylic acids is 1. The van der Waals surface area contributed by atoms with Gasteiger partial charge in [0.05, 0.1) is 11.6 Å². The van der Waals surface area contributed by atoms with Crippen LogP contribution in [0.2, 0.25) is 0 Å². The van der Waals surface area contributed by atoms with Crippen molar-refractivity contribution in [1.82, 2.24) is 10.2 Å². The summed E-state index contributed by atoms with van der Waals surface area (Å²) in [6.45, 7) is 3.32. The number of carbonyl (C=O) groups is 1. The molecule has 4 nitrogen and oxygen atoms in total. The predicted octanol–water partition coefficient (Wildman–Crippen LogP) is 2.54. The zero-order valence-corrected chi connectivity index (χ0v) is 13.0. The smallest absolute Gasteiger partial charge is 0.251 e. The molecule has 2 bridgehead atoms. The molecule has 1 unspecified atom stereocenters. The molecule has 0 spiro atoms. The fourth-order valence-corrected chi connectivity index (χ4v) is 3.84. The van der Waals surface area contributed by atoms with Gasteiger partial charge in [-0.05, 0) is 66.9 Å². The van der Waals surface area contributed by atoms with E-state index in [0.717, 1.165) is 17.3 Å². The maximum atomic E-state index is 12.6. The molecule has 3 saturated heterocycles. The van der Waals surface area contributed by atoms with Crippen molar-refractivity contribution in [3.63, 3.8) is 0 Å². The van der Waals surface area contributed by atoms with Gasteiger partial charge in [0.2, 0.25) is 0 Å². The van der Waals surface area contributed by atoms with E-state index in [1.807, 2.05) is 30.3 Å². The summed E-state index contributed by atoms with van der Waals surface area (Å²) in [6, 6.07) is 13.7. The van der Waals surface area contributed by atoms with Crippen LogP contribution in [0.1, 0.15) is 28.8 Å². The third-order valence-electron chi connectivity index (χ3n) is 5.20. The first-order valence-corrected chi connectivity index (χ1v) is 8.20. The number of piperidine rings is 3. The highest BCUT2D eigenvalue weighted by Gasteiger charge is 2.34. The molecule has 5 rings (SSSR count). The maximum Gasteiger partial charge on any atom is 0.251 e. The first-order chi connectivity index (χ1) is 11.2. The van der Waals surface area contributed by atoms with Crippen molar-refractivity contribution in [3.05, 3.63) is 47.5 Å². The molecule has 2 aromatic rings. The SMILES string of the molecule is N#Cc1ccc2ccc(C(=O)NC3CN4CCC3CC4)cc2c1. The zero-order chi connectivity index (χ0) is 15.8. The van der Waals surface area contributed by atoms with Crippen LogP contribution >= 0.6 is 0 Å².